The number of benzene rings is 1. The van der Waals surface area contributed by atoms with Crippen LogP contribution in [0.1, 0.15) is 37.7 Å². The number of rotatable bonds is 3. The standard InChI is InChI=1S/C14H18NO/c1-11-6-8-13(9-7-11)15-14(16)10-12-4-2-3-5-12/h6-9,12H,1-5,10H2,(H,15,16). The van der Waals surface area contributed by atoms with Crippen LogP contribution in [0.3, 0.4) is 0 Å². The average molecular weight is 216 g/mol. The van der Waals surface area contributed by atoms with Gasteiger partial charge >= 0.3 is 0 Å². The van der Waals surface area contributed by atoms with Crippen LogP contribution in [0.5, 0.6) is 0 Å². The maximum Gasteiger partial charge on any atom is 0.224 e. The van der Waals surface area contributed by atoms with E-state index in [1.54, 1.807) is 0 Å². The predicted molar refractivity (Wildman–Crippen MR) is 66.1 cm³/mol. The first-order valence-corrected chi connectivity index (χ1v) is 5.96. The van der Waals surface area contributed by atoms with Crippen LogP contribution in [0, 0.1) is 12.8 Å². The van der Waals surface area contributed by atoms with Gasteiger partial charge in [-0.05, 0) is 43.4 Å². The highest BCUT2D eigenvalue weighted by Crippen LogP contribution is 2.27. The number of amides is 1. The summed E-state index contributed by atoms with van der Waals surface area (Å²) >= 11 is 0. The molecule has 1 N–H and O–H groups in total. The second kappa shape index (κ2) is 5.15. The second-order valence-corrected chi connectivity index (χ2v) is 4.60. The molecule has 0 bridgehead atoms. The number of hydrogen-bond donors (Lipinski definition) is 1. The Morgan fingerprint density at radius 3 is 2.50 bits per heavy atom. The molecule has 85 valence electrons. The summed E-state index contributed by atoms with van der Waals surface area (Å²) in [6.45, 7) is 3.81. The van der Waals surface area contributed by atoms with E-state index < -0.39 is 0 Å². The van der Waals surface area contributed by atoms with E-state index in [0.29, 0.717) is 12.3 Å². The lowest BCUT2D eigenvalue weighted by molar-refractivity contribution is -0.117. The quantitative estimate of drug-likeness (QED) is 0.824. The summed E-state index contributed by atoms with van der Waals surface area (Å²) in [4.78, 5) is 11.7. The van der Waals surface area contributed by atoms with Crippen LogP contribution in [-0.2, 0) is 4.79 Å². The van der Waals surface area contributed by atoms with Gasteiger partial charge in [0, 0.05) is 12.1 Å². The van der Waals surface area contributed by atoms with E-state index in [0.717, 1.165) is 11.3 Å². The number of hydrogen-bond acceptors (Lipinski definition) is 1. The second-order valence-electron chi connectivity index (χ2n) is 4.60. The van der Waals surface area contributed by atoms with E-state index in [2.05, 4.69) is 12.2 Å². The zero-order chi connectivity index (χ0) is 11.4. The molecule has 1 aliphatic carbocycles. The molecule has 0 aromatic heterocycles. The Kier molecular flexibility index (Phi) is 3.60. The molecule has 0 atom stereocenters. The molecule has 1 aromatic carbocycles. The summed E-state index contributed by atoms with van der Waals surface area (Å²) in [5.74, 6) is 0.746. The van der Waals surface area contributed by atoms with Crippen molar-refractivity contribution in [2.45, 2.75) is 32.1 Å². The molecule has 1 saturated carbocycles. The van der Waals surface area contributed by atoms with E-state index in [9.17, 15) is 4.79 Å². The molecule has 0 saturated heterocycles. The van der Waals surface area contributed by atoms with E-state index in [1.165, 1.54) is 25.7 Å². The maximum absolute atomic E-state index is 11.7. The third kappa shape index (κ3) is 3.09. The third-order valence-electron chi connectivity index (χ3n) is 3.19. The van der Waals surface area contributed by atoms with E-state index in [1.807, 2.05) is 24.3 Å². The van der Waals surface area contributed by atoms with Gasteiger partial charge in [0.2, 0.25) is 5.91 Å². The zero-order valence-corrected chi connectivity index (χ0v) is 9.54. The van der Waals surface area contributed by atoms with Crippen LogP contribution in [-0.4, -0.2) is 5.91 Å². The molecule has 0 spiro atoms. The Morgan fingerprint density at radius 1 is 1.25 bits per heavy atom. The van der Waals surface area contributed by atoms with Crippen molar-refractivity contribution in [3.63, 3.8) is 0 Å². The summed E-state index contributed by atoms with van der Waals surface area (Å²) in [6, 6.07) is 7.61. The van der Waals surface area contributed by atoms with Crippen molar-refractivity contribution >= 4 is 11.6 Å². The highest BCUT2D eigenvalue weighted by atomic mass is 16.1. The first-order valence-electron chi connectivity index (χ1n) is 5.96. The van der Waals surface area contributed by atoms with E-state index >= 15 is 0 Å². The van der Waals surface area contributed by atoms with Crippen LogP contribution in [0.2, 0.25) is 0 Å². The van der Waals surface area contributed by atoms with Crippen LogP contribution < -0.4 is 5.32 Å². The normalized spacial score (nSPS) is 16.3. The van der Waals surface area contributed by atoms with Gasteiger partial charge < -0.3 is 5.32 Å². The largest absolute Gasteiger partial charge is 0.326 e. The van der Waals surface area contributed by atoms with Crippen molar-refractivity contribution in [3.8, 4) is 0 Å². The molecule has 16 heavy (non-hydrogen) atoms. The molecule has 2 rings (SSSR count). The van der Waals surface area contributed by atoms with E-state index in [-0.39, 0.29) is 5.91 Å². The maximum atomic E-state index is 11.7. The van der Waals surface area contributed by atoms with Gasteiger partial charge in [0.05, 0.1) is 0 Å². The Morgan fingerprint density at radius 2 is 1.88 bits per heavy atom. The fourth-order valence-corrected chi connectivity index (χ4v) is 2.28. The first-order chi connectivity index (χ1) is 7.74. The summed E-state index contributed by atoms with van der Waals surface area (Å²) in [5, 5.41) is 2.93. The Labute approximate surface area is 97.1 Å². The van der Waals surface area contributed by atoms with Crippen molar-refractivity contribution < 1.29 is 4.79 Å². The van der Waals surface area contributed by atoms with Crippen molar-refractivity contribution in [1.82, 2.24) is 0 Å². The van der Waals surface area contributed by atoms with Crippen molar-refractivity contribution in [1.29, 1.82) is 0 Å². The molecule has 1 radical (unpaired) electrons. The average Bonchev–Trinajstić information content (AvgIpc) is 2.74. The molecule has 2 heteroatoms. The minimum absolute atomic E-state index is 0.142. The number of nitrogens with one attached hydrogen (secondary N) is 1. The lowest BCUT2D eigenvalue weighted by Crippen LogP contribution is -2.14. The van der Waals surface area contributed by atoms with Crippen LogP contribution >= 0.6 is 0 Å². The molecule has 0 heterocycles. The monoisotopic (exact) mass is 216 g/mol. The van der Waals surface area contributed by atoms with Crippen molar-refractivity contribution in [2.75, 3.05) is 5.32 Å². The van der Waals surface area contributed by atoms with Gasteiger partial charge in [-0.25, -0.2) is 0 Å². The fourth-order valence-electron chi connectivity index (χ4n) is 2.28. The van der Waals surface area contributed by atoms with Gasteiger partial charge in [0.15, 0.2) is 0 Å². The van der Waals surface area contributed by atoms with Gasteiger partial charge in [-0.1, -0.05) is 25.0 Å². The Balaban J connectivity index is 1.84. The minimum atomic E-state index is 0.142. The summed E-state index contributed by atoms with van der Waals surface area (Å²) in [7, 11) is 0. The van der Waals surface area contributed by atoms with Crippen molar-refractivity contribution in [3.05, 3.63) is 36.8 Å². The summed E-state index contributed by atoms with van der Waals surface area (Å²) in [6.07, 6.45) is 5.67. The lowest BCUT2D eigenvalue weighted by atomic mass is 10.0. The fraction of sp³-hybridized carbons (Fsp3) is 0.429. The first kappa shape index (κ1) is 11.2. The minimum Gasteiger partial charge on any atom is -0.326 e. The highest BCUT2D eigenvalue weighted by Gasteiger charge is 2.18. The topological polar surface area (TPSA) is 29.1 Å². The van der Waals surface area contributed by atoms with E-state index in [4.69, 9.17) is 0 Å². The SMILES string of the molecule is [CH2]c1ccc(NC(=O)CC2CCCC2)cc1. The van der Waals surface area contributed by atoms with Gasteiger partial charge in [0.1, 0.15) is 0 Å². The lowest BCUT2D eigenvalue weighted by Gasteiger charge is -2.09. The highest BCUT2D eigenvalue weighted by molar-refractivity contribution is 5.90. The van der Waals surface area contributed by atoms with Crippen molar-refractivity contribution in [2.24, 2.45) is 5.92 Å². The van der Waals surface area contributed by atoms with Gasteiger partial charge in [0.25, 0.3) is 0 Å². The molecule has 0 unspecified atom stereocenters. The predicted octanol–water partition coefficient (Wildman–Crippen LogP) is 3.39. The molecule has 1 aliphatic rings. The molecular weight excluding hydrogens is 198 g/mol. The molecule has 1 aromatic rings. The molecule has 2 nitrogen and oxygen atoms in total. The third-order valence-corrected chi connectivity index (χ3v) is 3.19. The Hall–Kier alpha value is -1.31. The van der Waals surface area contributed by atoms with Crippen LogP contribution in [0.25, 0.3) is 0 Å². The Bertz CT molecular complexity index is 350. The van der Waals surface area contributed by atoms with Crippen LogP contribution in [0.4, 0.5) is 5.69 Å². The molecule has 1 fully saturated rings. The summed E-state index contributed by atoms with van der Waals surface area (Å²) < 4.78 is 0. The number of anilines is 1. The van der Waals surface area contributed by atoms with Gasteiger partial charge in [-0.15, -0.1) is 0 Å². The van der Waals surface area contributed by atoms with Crippen LogP contribution in [0.15, 0.2) is 24.3 Å². The van der Waals surface area contributed by atoms with Gasteiger partial charge in [-0.2, -0.15) is 0 Å². The summed E-state index contributed by atoms with van der Waals surface area (Å²) in [5.41, 5.74) is 1.84. The smallest absolute Gasteiger partial charge is 0.224 e. The van der Waals surface area contributed by atoms with Gasteiger partial charge in [-0.3, -0.25) is 4.79 Å². The number of carbonyl (C=O) groups is 1. The zero-order valence-electron chi connectivity index (χ0n) is 9.54. The number of carbonyl (C=O) groups excluding carboxylic acids is 1. The molecule has 0 aliphatic heterocycles. The molecular formula is C14H18NO. The molecule has 1 amide bonds.